The quantitative estimate of drug-likeness (QED) is 0.623. The number of phenolic OH excluding ortho intramolecular Hbond substituents is 1. The summed E-state index contributed by atoms with van der Waals surface area (Å²) in [5.41, 5.74) is 2.60. The van der Waals surface area contributed by atoms with E-state index in [1.54, 1.807) is 11.6 Å². The molecule has 0 unspecified atom stereocenters. The minimum atomic E-state index is 0.387. The van der Waals surface area contributed by atoms with Gasteiger partial charge in [-0.1, -0.05) is 42.0 Å². The van der Waals surface area contributed by atoms with Crippen LogP contribution >= 0.6 is 0 Å². The summed E-state index contributed by atoms with van der Waals surface area (Å²) in [5.74, 6) is 0.387. The van der Waals surface area contributed by atoms with Crippen LogP contribution in [0.5, 0.6) is 5.75 Å². The summed E-state index contributed by atoms with van der Waals surface area (Å²) >= 11 is 0. The largest absolute Gasteiger partial charge is 0.508 e. The summed E-state index contributed by atoms with van der Waals surface area (Å²) in [4.78, 5) is 0. The molecule has 3 rings (SSSR count). The van der Waals surface area contributed by atoms with Gasteiger partial charge in [0.15, 0.2) is 0 Å². The van der Waals surface area contributed by atoms with Crippen LogP contribution in [-0.2, 0) is 6.54 Å². The maximum Gasteiger partial charge on any atom is 0.120 e. The van der Waals surface area contributed by atoms with E-state index in [4.69, 9.17) is 0 Å². The van der Waals surface area contributed by atoms with Gasteiger partial charge >= 0.3 is 0 Å². The standard InChI is InChI=1S/C19H23NO/c21-19-11-10-16-8-4-5-9-17(16)18(19)14-20-13-12-15-6-2-1-3-7-15/h4-6,8-11,20-21H,1-3,7,12-14H2. The number of nitrogens with one attached hydrogen (secondary N) is 1. The van der Waals surface area contributed by atoms with Gasteiger partial charge in [-0.25, -0.2) is 0 Å². The number of benzene rings is 2. The zero-order chi connectivity index (χ0) is 14.5. The summed E-state index contributed by atoms with van der Waals surface area (Å²) in [6.07, 6.45) is 8.74. The van der Waals surface area contributed by atoms with Crippen molar-refractivity contribution in [1.82, 2.24) is 5.32 Å². The fraction of sp³-hybridized carbons (Fsp3) is 0.368. The number of hydrogen-bond donors (Lipinski definition) is 2. The van der Waals surface area contributed by atoms with Crippen LogP contribution in [0.1, 0.15) is 37.7 Å². The second-order valence-electron chi connectivity index (χ2n) is 5.82. The lowest BCUT2D eigenvalue weighted by atomic mass is 9.97. The Bertz CT molecular complexity index is 645. The molecule has 1 aliphatic rings. The molecule has 0 amide bonds. The van der Waals surface area contributed by atoms with Crippen LogP contribution in [0.25, 0.3) is 10.8 Å². The van der Waals surface area contributed by atoms with Gasteiger partial charge in [-0.2, -0.15) is 0 Å². The Morgan fingerprint density at radius 3 is 2.81 bits per heavy atom. The molecule has 0 radical (unpaired) electrons. The molecule has 0 saturated carbocycles. The van der Waals surface area contributed by atoms with Gasteiger partial charge in [0, 0.05) is 12.1 Å². The third-order valence-electron chi connectivity index (χ3n) is 4.33. The van der Waals surface area contributed by atoms with E-state index < -0.39 is 0 Å². The molecule has 0 atom stereocenters. The molecular weight excluding hydrogens is 258 g/mol. The van der Waals surface area contributed by atoms with E-state index in [0.717, 1.165) is 30.5 Å². The van der Waals surface area contributed by atoms with E-state index in [-0.39, 0.29) is 0 Å². The van der Waals surface area contributed by atoms with Crippen LogP contribution in [0.3, 0.4) is 0 Å². The minimum Gasteiger partial charge on any atom is -0.508 e. The Morgan fingerprint density at radius 2 is 1.95 bits per heavy atom. The first kappa shape index (κ1) is 14.2. The van der Waals surface area contributed by atoms with Crippen molar-refractivity contribution >= 4 is 10.8 Å². The van der Waals surface area contributed by atoms with E-state index in [9.17, 15) is 5.11 Å². The molecule has 2 aromatic carbocycles. The summed E-state index contributed by atoms with van der Waals surface area (Å²) in [5, 5.41) is 15.9. The second-order valence-corrected chi connectivity index (χ2v) is 5.82. The van der Waals surface area contributed by atoms with Crippen LogP contribution in [0, 0.1) is 0 Å². The van der Waals surface area contributed by atoms with E-state index in [0.29, 0.717) is 5.75 Å². The smallest absolute Gasteiger partial charge is 0.120 e. The third kappa shape index (κ3) is 3.45. The number of rotatable bonds is 5. The predicted molar refractivity (Wildman–Crippen MR) is 88.5 cm³/mol. The summed E-state index contributed by atoms with van der Waals surface area (Å²) in [6.45, 7) is 1.70. The maximum absolute atomic E-state index is 10.1. The normalized spacial score (nSPS) is 15.1. The highest BCUT2D eigenvalue weighted by Gasteiger charge is 2.07. The molecule has 0 aliphatic heterocycles. The molecule has 0 saturated heterocycles. The van der Waals surface area contributed by atoms with Gasteiger partial charge in [0.25, 0.3) is 0 Å². The van der Waals surface area contributed by atoms with Crippen LogP contribution < -0.4 is 5.32 Å². The molecular formula is C19H23NO. The van der Waals surface area contributed by atoms with Crippen LogP contribution in [0.15, 0.2) is 48.0 Å². The van der Waals surface area contributed by atoms with E-state index in [1.807, 2.05) is 18.2 Å². The topological polar surface area (TPSA) is 32.3 Å². The minimum absolute atomic E-state index is 0.387. The van der Waals surface area contributed by atoms with E-state index >= 15 is 0 Å². The van der Waals surface area contributed by atoms with Gasteiger partial charge in [0.1, 0.15) is 5.75 Å². The predicted octanol–water partition coefficient (Wildman–Crippen LogP) is 4.53. The number of hydrogen-bond acceptors (Lipinski definition) is 2. The van der Waals surface area contributed by atoms with Crippen molar-refractivity contribution in [2.75, 3.05) is 6.54 Å². The molecule has 0 spiro atoms. The highest BCUT2D eigenvalue weighted by molar-refractivity contribution is 5.87. The van der Waals surface area contributed by atoms with Crippen LogP contribution in [-0.4, -0.2) is 11.7 Å². The van der Waals surface area contributed by atoms with Gasteiger partial charge in [-0.3, -0.25) is 0 Å². The first-order valence-corrected chi connectivity index (χ1v) is 7.93. The molecule has 0 aromatic heterocycles. The Morgan fingerprint density at radius 1 is 1.05 bits per heavy atom. The van der Waals surface area contributed by atoms with Crippen molar-refractivity contribution in [1.29, 1.82) is 0 Å². The number of aromatic hydroxyl groups is 1. The van der Waals surface area contributed by atoms with Gasteiger partial charge in [0.05, 0.1) is 0 Å². The first-order valence-electron chi connectivity index (χ1n) is 7.93. The fourth-order valence-electron chi connectivity index (χ4n) is 3.10. The van der Waals surface area contributed by atoms with Gasteiger partial charge in [-0.05, 0) is 55.5 Å². The molecule has 110 valence electrons. The highest BCUT2D eigenvalue weighted by atomic mass is 16.3. The third-order valence-corrected chi connectivity index (χ3v) is 4.33. The summed E-state index contributed by atoms with van der Waals surface area (Å²) in [6, 6.07) is 12.0. The second kappa shape index (κ2) is 6.77. The first-order chi connectivity index (χ1) is 10.3. The van der Waals surface area contributed by atoms with E-state index in [1.165, 1.54) is 31.1 Å². The Kier molecular flexibility index (Phi) is 4.56. The summed E-state index contributed by atoms with van der Waals surface area (Å²) in [7, 11) is 0. The molecule has 1 aliphatic carbocycles. The molecule has 0 heterocycles. The SMILES string of the molecule is Oc1ccc2ccccc2c1CNCCC1=CCCCC1. The Balaban J connectivity index is 1.62. The highest BCUT2D eigenvalue weighted by Crippen LogP contribution is 2.27. The number of phenols is 1. The summed E-state index contributed by atoms with van der Waals surface area (Å²) < 4.78 is 0. The number of fused-ring (bicyclic) bond motifs is 1. The van der Waals surface area contributed by atoms with Gasteiger partial charge in [0.2, 0.25) is 0 Å². The van der Waals surface area contributed by atoms with Crippen molar-refractivity contribution in [2.24, 2.45) is 0 Å². The van der Waals surface area contributed by atoms with Gasteiger partial charge in [-0.15, -0.1) is 0 Å². The van der Waals surface area contributed by atoms with Gasteiger partial charge < -0.3 is 10.4 Å². The lowest BCUT2D eigenvalue weighted by Gasteiger charge is -2.14. The van der Waals surface area contributed by atoms with Crippen LogP contribution in [0.4, 0.5) is 0 Å². The lowest BCUT2D eigenvalue weighted by molar-refractivity contribution is 0.466. The Hall–Kier alpha value is -1.80. The molecule has 21 heavy (non-hydrogen) atoms. The number of allylic oxidation sites excluding steroid dienone is 1. The molecule has 0 fully saturated rings. The molecule has 2 nitrogen and oxygen atoms in total. The zero-order valence-electron chi connectivity index (χ0n) is 12.4. The average molecular weight is 281 g/mol. The fourth-order valence-corrected chi connectivity index (χ4v) is 3.10. The molecule has 2 heteroatoms. The monoisotopic (exact) mass is 281 g/mol. The zero-order valence-corrected chi connectivity index (χ0v) is 12.4. The molecule has 0 bridgehead atoms. The maximum atomic E-state index is 10.1. The lowest BCUT2D eigenvalue weighted by Crippen LogP contribution is -2.16. The van der Waals surface area contributed by atoms with Crippen LogP contribution in [0.2, 0.25) is 0 Å². The average Bonchev–Trinajstić information content (AvgIpc) is 2.54. The molecule has 2 N–H and O–H groups in total. The van der Waals surface area contributed by atoms with Crippen molar-refractivity contribution in [2.45, 2.75) is 38.6 Å². The Labute approximate surface area is 126 Å². The van der Waals surface area contributed by atoms with E-state index in [2.05, 4.69) is 23.5 Å². The van der Waals surface area contributed by atoms with Crippen molar-refractivity contribution in [3.05, 3.63) is 53.6 Å². The van der Waals surface area contributed by atoms with Crippen molar-refractivity contribution in [3.63, 3.8) is 0 Å². The van der Waals surface area contributed by atoms with Crippen molar-refractivity contribution in [3.8, 4) is 5.75 Å². The van der Waals surface area contributed by atoms with Crippen molar-refractivity contribution < 1.29 is 5.11 Å². The molecule has 2 aromatic rings.